The van der Waals surface area contributed by atoms with Crippen molar-refractivity contribution in [3.05, 3.63) is 59.4 Å². The summed E-state index contributed by atoms with van der Waals surface area (Å²) < 4.78 is 25.3. The zero-order valence-electron chi connectivity index (χ0n) is 15.4. The highest BCUT2D eigenvalue weighted by Crippen LogP contribution is 2.33. The normalized spacial score (nSPS) is 12.1. The molecule has 0 bridgehead atoms. The van der Waals surface area contributed by atoms with Crippen molar-refractivity contribution in [1.29, 1.82) is 0 Å². The third kappa shape index (κ3) is 4.28. The smallest absolute Gasteiger partial charge is 0.127 e. The Balaban J connectivity index is 2.22. The molecule has 0 fully saturated rings. The Kier molecular flexibility index (Phi) is 5.22. The monoisotopic (exact) mass is 330 g/mol. The molecular weight excluding hydrogens is 303 g/mol. The summed E-state index contributed by atoms with van der Waals surface area (Å²) in [7, 11) is 1.66. The van der Waals surface area contributed by atoms with Gasteiger partial charge < -0.3 is 9.47 Å². The molecular formula is C21H27FO2. The lowest BCUT2D eigenvalue weighted by atomic mass is 9.84. The lowest BCUT2D eigenvalue weighted by Gasteiger charge is -2.27. The Morgan fingerprint density at radius 1 is 0.958 bits per heavy atom. The lowest BCUT2D eigenvalue weighted by Crippen LogP contribution is -2.27. The van der Waals surface area contributed by atoms with E-state index in [4.69, 9.17) is 9.47 Å². The highest BCUT2D eigenvalue weighted by molar-refractivity contribution is 5.39. The van der Waals surface area contributed by atoms with Gasteiger partial charge in [0.15, 0.2) is 0 Å². The summed E-state index contributed by atoms with van der Waals surface area (Å²) >= 11 is 0. The van der Waals surface area contributed by atoms with Crippen molar-refractivity contribution in [1.82, 2.24) is 0 Å². The maximum absolute atomic E-state index is 13.9. The molecule has 0 unspecified atom stereocenters. The van der Waals surface area contributed by atoms with Gasteiger partial charge in [-0.05, 0) is 29.2 Å². The molecule has 0 spiro atoms. The Labute approximate surface area is 144 Å². The van der Waals surface area contributed by atoms with Crippen molar-refractivity contribution < 1.29 is 13.9 Å². The molecule has 0 aliphatic heterocycles. The molecule has 0 radical (unpaired) electrons. The number of rotatable bonds is 5. The van der Waals surface area contributed by atoms with Crippen molar-refractivity contribution in [3.8, 4) is 11.5 Å². The van der Waals surface area contributed by atoms with Crippen molar-refractivity contribution >= 4 is 0 Å². The standard InChI is InChI=1S/C21H27FO2/c1-20(2,3)15-11-16(22)13-17(12-15)24-14-21(4,5)18-9-7-8-10-19(18)23-6/h7-13H,14H2,1-6H3. The molecule has 0 amide bonds. The minimum Gasteiger partial charge on any atom is -0.496 e. The number of para-hydroxylation sites is 1. The second-order valence-corrected chi connectivity index (χ2v) is 7.80. The summed E-state index contributed by atoms with van der Waals surface area (Å²) in [4.78, 5) is 0. The maximum Gasteiger partial charge on any atom is 0.127 e. The van der Waals surface area contributed by atoms with Crippen LogP contribution in [0.4, 0.5) is 4.39 Å². The zero-order valence-corrected chi connectivity index (χ0v) is 15.4. The predicted octanol–water partition coefficient (Wildman–Crippen LogP) is 5.49. The van der Waals surface area contributed by atoms with Gasteiger partial charge in [-0.2, -0.15) is 0 Å². The van der Waals surface area contributed by atoms with Gasteiger partial charge in [-0.15, -0.1) is 0 Å². The fourth-order valence-electron chi connectivity index (χ4n) is 2.62. The third-order valence-electron chi connectivity index (χ3n) is 4.17. The first-order chi connectivity index (χ1) is 11.1. The molecule has 2 aromatic carbocycles. The molecule has 2 nitrogen and oxygen atoms in total. The van der Waals surface area contributed by atoms with E-state index < -0.39 is 0 Å². The van der Waals surface area contributed by atoms with Gasteiger partial charge in [0.05, 0.1) is 13.7 Å². The van der Waals surface area contributed by atoms with Crippen LogP contribution in [0.5, 0.6) is 11.5 Å². The van der Waals surface area contributed by atoms with E-state index in [1.54, 1.807) is 13.2 Å². The van der Waals surface area contributed by atoms with Gasteiger partial charge in [-0.3, -0.25) is 0 Å². The van der Waals surface area contributed by atoms with E-state index in [0.29, 0.717) is 12.4 Å². The molecule has 3 heteroatoms. The van der Waals surface area contributed by atoms with Crippen LogP contribution in [0.3, 0.4) is 0 Å². The first-order valence-corrected chi connectivity index (χ1v) is 8.21. The van der Waals surface area contributed by atoms with Crippen LogP contribution < -0.4 is 9.47 Å². The number of benzene rings is 2. The van der Waals surface area contributed by atoms with E-state index in [9.17, 15) is 4.39 Å². The van der Waals surface area contributed by atoms with Crippen molar-refractivity contribution in [2.24, 2.45) is 0 Å². The largest absolute Gasteiger partial charge is 0.496 e. The van der Waals surface area contributed by atoms with Crippen LogP contribution in [0.2, 0.25) is 0 Å². The van der Waals surface area contributed by atoms with Crippen LogP contribution in [0.15, 0.2) is 42.5 Å². The van der Waals surface area contributed by atoms with Crippen molar-refractivity contribution in [2.45, 2.75) is 45.4 Å². The number of ether oxygens (including phenoxy) is 2. The molecule has 0 atom stereocenters. The van der Waals surface area contributed by atoms with E-state index in [0.717, 1.165) is 16.9 Å². The first kappa shape index (κ1) is 18.3. The fraction of sp³-hybridized carbons (Fsp3) is 0.429. The molecule has 0 heterocycles. The fourth-order valence-corrected chi connectivity index (χ4v) is 2.62. The molecule has 2 aromatic rings. The minimum atomic E-state index is -0.271. The summed E-state index contributed by atoms with van der Waals surface area (Å²) in [6.07, 6.45) is 0. The van der Waals surface area contributed by atoms with E-state index >= 15 is 0 Å². The Morgan fingerprint density at radius 2 is 1.62 bits per heavy atom. The molecule has 0 N–H and O–H groups in total. The van der Waals surface area contributed by atoms with Crippen LogP contribution in [0.25, 0.3) is 0 Å². The first-order valence-electron chi connectivity index (χ1n) is 8.21. The van der Waals surface area contributed by atoms with E-state index in [1.807, 2.05) is 30.3 Å². The third-order valence-corrected chi connectivity index (χ3v) is 4.17. The van der Waals surface area contributed by atoms with E-state index in [2.05, 4.69) is 34.6 Å². The SMILES string of the molecule is COc1ccccc1C(C)(C)COc1cc(F)cc(C(C)(C)C)c1. The summed E-state index contributed by atoms with van der Waals surface area (Å²) in [5.41, 5.74) is 1.60. The molecule has 0 aliphatic rings. The highest BCUT2D eigenvalue weighted by atomic mass is 19.1. The summed E-state index contributed by atoms with van der Waals surface area (Å²) in [6.45, 7) is 10.8. The summed E-state index contributed by atoms with van der Waals surface area (Å²) in [5.74, 6) is 1.12. The van der Waals surface area contributed by atoms with Crippen LogP contribution in [-0.4, -0.2) is 13.7 Å². The molecule has 130 valence electrons. The van der Waals surface area contributed by atoms with Crippen molar-refractivity contribution in [2.75, 3.05) is 13.7 Å². The molecule has 0 saturated carbocycles. The lowest BCUT2D eigenvalue weighted by molar-refractivity contribution is 0.235. The topological polar surface area (TPSA) is 18.5 Å². The molecule has 0 aliphatic carbocycles. The van der Waals surface area contributed by atoms with Crippen molar-refractivity contribution in [3.63, 3.8) is 0 Å². The average Bonchev–Trinajstić information content (AvgIpc) is 2.51. The van der Waals surface area contributed by atoms with E-state index in [1.165, 1.54) is 6.07 Å². The number of methoxy groups -OCH3 is 1. The number of halogens is 1. The number of hydrogen-bond acceptors (Lipinski definition) is 2. The quantitative estimate of drug-likeness (QED) is 0.722. The van der Waals surface area contributed by atoms with E-state index in [-0.39, 0.29) is 16.6 Å². The van der Waals surface area contributed by atoms with Crippen LogP contribution in [-0.2, 0) is 10.8 Å². The molecule has 0 saturated heterocycles. The van der Waals surface area contributed by atoms with Gasteiger partial charge in [-0.1, -0.05) is 52.8 Å². The number of hydrogen-bond donors (Lipinski definition) is 0. The second-order valence-electron chi connectivity index (χ2n) is 7.80. The Hall–Kier alpha value is -2.03. The van der Waals surface area contributed by atoms with Crippen LogP contribution in [0.1, 0.15) is 45.7 Å². The average molecular weight is 330 g/mol. The van der Waals surface area contributed by atoms with Crippen LogP contribution >= 0.6 is 0 Å². The Bertz CT molecular complexity index is 699. The van der Waals surface area contributed by atoms with Gasteiger partial charge in [0.25, 0.3) is 0 Å². The van der Waals surface area contributed by atoms with Crippen LogP contribution in [0, 0.1) is 5.82 Å². The predicted molar refractivity (Wildman–Crippen MR) is 96.6 cm³/mol. The van der Waals surface area contributed by atoms with Gasteiger partial charge in [0.1, 0.15) is 17.3 Å². The van der Waals surface area contributed by atoms with Gasteiger partial charge >= 0.3 is 0 Å². The molecule has 2 rings (SSSR count). The van der Waals surface area contributed by atoms with Gasteiger partial charge in [0, 0.05) is 17.0 Å². The summed E-state index contributed by atoms with van der Waals surface area (Å²) in [5, 5.41) is 0. The zero-order chi connectivity index (χ0) is 18.0. The highest BCUT2D eigenvalue weighted by Gasteiger charge is 2.25. The van der Waals surface area contributed by atoms with Gasteiger partial charge in [0.2, 0.25) is 0 Å². The minimum absolute atomic E-state index is 0.127. The maximum atomic E-state index is 13.9. The molecule has 0 aromatic heterocycles. The second kappa shape index (κ2) is 6.84. The Morgan fingerprint density at radius 3 is 2.25 bits per heavy atom. The van der Waals surface area contributed by atoms with Gasteiger partial charge in [-0.25, -0.2) is 4.39 Å². The summed E-state index contributed by atoms with van der Waals surface area (Å²) in [6, 6.07) is 12.8. The molecule has 24 heavy (non-hydrogen) atoms.